The van der Waals surface area contributed by atoms with E-state index in [0.717, 1.165) is 41.7 Å². The highest BCUT2D eigenvalue weighted by Crippen LogP contribution is 2.31. The Morgan fingerprint density at radius 1 is 1.30 bits per heavy atom. The van der Waals surface area contributed by atoms with Crippen LogP contribution in [0.2, 0.25) is 0 Å². The van der Waals surface area contributed by atoms with Gasteiger partial charge in [0.15, 0.2) is 11.0 Å². The summed E-state index contributed by atoms with van der Waals surface area (Å²) in [4.78, 5) is 27.3. The van der Waals surface area contributed by atoms with Gasteiger partial charge >= 0.3 is 0 Å². The normalized spacial score (nSPS) is 15.8. The summed E-state index contributed by atoms with van der Waals surface area (Å²) in [7, 11) is 0. The van der Waals surface area contributed by atoms with Crippen molar-refractivity contribution in [3.05, 3.63) is 47.5 Å². The van der Waals surface area contributed by atoms with Gasteiger partial charge in [0.2, 0.25) is 5.91 Å². The number of carbonyl (C=O) groups is 2. The van der Waals surface area contributed by atoms with Crippen LogP contribution < -0.4 is 11.1 Å². The molecule has 1 fully saturated rings. The monoisotopic (exact) mass is 482 g/mol. The summed E-state index contributed by atoms with van der Waals surface area (Å²) in [6.45, 7) is 1.37. The minimum absolute atomic E-state index is 0.0855. The van der Waals surface area contributed by atoms with Crippen molar-refractivity contribution in [1.29, 1.82) is 0 Å². The molecule has 0 spiro atoms. The summed E-state index contributed by atoms with van der Waals surface area (Å²) in [5, 5.41) is 15.5. The maximum absolute atomic E-state index is 12.6. The Labute approximate surface area is 197 Å². The lowest BCUT2D eigenvalue weighted by Gasteiger charge is -2.14. The first-order chi connectivity index (χ1) is 16.1. The fourth-order valence-corrected chi connectivity index (χ4v) is 5.46. The molecule has 1 aliphatic heterocycles. The predicted octanol–water partition coefficient (Wildman–Crippen LogP) is 3.50. The lowest BCUT2D eigenvalue weighted by molar-refractivity contribution is -0.113. The van der Waals surface area contributed by atoms with Crippen LogP contribution in [0.5, 0.6) is 0 Å². The van der Waals surface area contributed by atoms with Crippen LogP contribution in [-0.2, 0) is 16.1 Å². The topological polar surface area (TPSA) is 128 Å². The van der Waals surface area contributed by atoms with E-state index in [4.69, 9.17) is 10.5 Å². The van der Waals surface area contributed by atoms with Crippen LogP contribution in [0.3, 0.4) is 0 Å². The highest BCUT2D eigenvalue weighted by atomic mass is 32.2. The van der Waals surface area contributed by atoms with Gasteiger partial charge in [0.25, 0.3) is 5.91 Å². The molecular formula is C22H22N6O3S2. The number of nitrogens with two attached hydrogens (primary N) is 1. The third kappa shape index (κ3) is 4.52. The molecule has 4 heterocycles. The summed E-state index contributed by atoms with van der Waals surface area (Å²) in [5.74, 6) is 0.0393. The number of hydrogen-bond donors (Lipinski definition) is 3. The lowest BCUT2D eigenvalue weighted by atomic mass is 10.1. The molecule has 0 saturated carbocycles. The van der Waals surface area contributed by atoms with E-state index in [1.54, 1.807) is 11.4 Å². The summed E-state index contributed by atoms with van der Waals surface area (Å²) in [6, 6.07) is 9.64. The van der Waals surface area contributed by atoms with Gasteiger partial charge in [-0.25, -0.2) is 0 Å². The Kier molecular flexibility index (Phi) is 6.16. The molecule has 1 saturated heterocycles. The van der Waals surface area contributed by atoms with Gasteiger partial charge in [0, 0.05) is 29.3 Å². The Morgan fingerprint density at radius 2 is 2.18 bits per heavy atom. The predicted molar refractivity (Wildman–Crippen MR) is 128 cm³/mol. The van der Waals surface area contributed by atoms with Crippen LogP contribution in [0.15, 0.2) is 47.1 Å². The largest absolute Gasteiger partial charge is 0.376 e. The fourth-order valence-electron chi connectivity index (χ4n) is 3.90. The number of ether oxygens (including phenoxy) is 1. The van der Waals surface area contributed by atoms with Crippen molar-refractivity contribution in [3.63, 3.8) is 0 Å². The van der Waals surface area contributed by atoms with Gasteiger partial charge in [0.1, 0.15) is 5.00 Å². The number of amides is 2. The molecule has 2 amide bonds. The van der Waals surface area contributed by atoms with Crippen LogP contribution in [0, 0.1) is 0 Å². The zero-order valence-electron chi connectivity index (χ0n) is 17.6. The van der Waals surface area contributed by atoms with Crippen molar-refractivity contribution in [3.8, 4) is 11.4 Å². The number of primary amides is 1. The van der Waals surface area contributed by atoms with Crippen LogP contribution in [-0.4, -0.2) is 50.0 Å². The standard InChI is InChI=1S/C22H22N6O3S2/c23-19(30)15-7-9-32-21(15)25-18(29)12-33-22-27-26-20(28(22)11-13-4-3-8-31-13)16-10-24-17-6-2-1-5-14(16)17/h1-2,5-7,9-10,13,24H,3-4,8,11-12H2,(H2,23,30)(H,25,29). The van der Waals surface area contributed by atoms with E-state index in [-0.39, 0.29) is 17.8 Å². The molecule has 4 N–H and O–H groups in total. The van der Waals surface area contributed by atoms with E-state index in [0.29, 0.717) is 22.3 Å². The van der Waals surface area contributed by atoms with Crippen molar-refractivity contribution < 1.29 is 14.3 Å². The maximum atomic E-state index is 12.6. The fraction of sp³-hybridized carbons (Fsp3) is 0.273. The quantitative estimate of drug-likeness (QED) is 0.330. The van der Waals surface area contributed by atoms with E-state index in [1.807, 2.05) is 35.0 Å². The Hall–Kier alpha value is -3.15. The zero-order valence-corrected chi connectivity index (χ0v) is 19.2. The molecule has 1 aromatic carbocycles. The summed E-state index contributed by atoms with van der Waals surface area (Å²) in [5.41, 5.74) is 7.65. The molecule has 0 aliphatic carbocycles. The van der Waals surface area contributed by atoms with Crippen molar-refractivity contribution in [1.82, 2.24) is 19.7 Å². The van der Waals surface area contributed by atoms with Crippen LogP contribution in [0.1, 0.15) is 23.2 Å². The highest BCUT2D eigenvalue weighted by molar-refractivity contribution is 7.99. The number of rotatable bonds is 8. The first-order valence-electron chi connectivity index (χ1n) is 10.5. The third-order valence-electron chi connectivity index (χ3n) is 5.47. The maximum Gasteiger partial charge on any atom is 0.251 e. The SMILES string of the molecule is NC(=O)c1ccsc1NC(=O)CSc1nnc(-c2c[nH]c3ccccc23)n1CC1CCCO1. The smallest absolute Gasteiger partial charge is 0.251 e. The van der Waals surface area contributed by atoms with Gasteiger partial charge in [-0.3, -0.25) is 14.2 Å². The van der Waals surface area contributed by atoms with Crippen LogP contribution in [0.4, 0.5) is 5.00 Å². The number of aromatic amines is 1. The van der Waals surface area contributed by atoms with Crippen molar-refractivity contribution >= 4 is 50.8 Å². The second-order valence-electron chi connectivity index (χ2n) is 7.66. The number of thiophene rings is 1. The van der Waals surface area contributed by atoms with E-state index in [1.165, 1.54) is 23.1 Å². The molecule has 9 nitrogen and oxygen atoms in total. The van der Waals surface area contributed by atoms with Crippen LogP contribution in [0.25, 0.3) is 22.3 Å². The average Bonchev–Trinajstić information content (AvgIpc) is 3.60. The molecular weight excluding hydrogens is 460 g/mol. The van der Waals surface area contributed by atoms with Crippen LogP contribution >= 0.6 is 23.1 Å². The number of H-pyrrole nitrogens is 1. The molecule has 170 valence electrons. The summed E-state index contributed by atoms with van der Waals surface area (Å²) >= 11 is 2.56. The highest BCUT2D eigenvalue weighted by Gasteiger charge is 2.23. The first kappa shape index (κ1) is 21.7. The van der Waals surface area contributed by atoms with Gasteiger partial charge in [0.05, 0.1) is 24.0 Å². The summed E-state index contributed by atoms with van der Waals surface area (Å²) < 4.78 is 7.89. The molecule has 5 rings (SSSR count). The summed E-state index contributed by atoms with van der Waals surface area (Å²) in [6.07, 6.45) is 4.03. The molecule has 11 heteroatoms. The number of nitrogens with one attached hydrogen (secondary N) is 2. The molecule has 1 unspecified atom stereocenters. The number of para-hydroxylation sites is 1. The number of aromatic nitrogens is 4. The van der Waals surface area contributed by atoms with Crippen molar-refractivity contribution in [2.45, 2.75) is 30.6 Å². The van der Waals surface area contributed by atoms with E-state index in [9.17, 15) is 9.59 Å². The molecule has 33 heavy (non-hydrogen) atoms. The first-order valence-corrected chi connectivity index (χ1v) is 12.4. The number of carbonyl (C=O) groups excluding carboxylic acids is 2. The average molecular weight is 483 g/mol. The second-order valence-corrected chi connectivity index (χ2v) is 9.52. The van der Waals surface area contributed by atoms with E-state index in [2.05, 4.69) is 20.5 Å². The molecule has 0 radical (unpaired) electrons. The number of fused-ring (bicyclic) bond motifs is 1. The Morgan fingerprint density at radius 3 is 3.00 bits per heavy atom. The van der Waals surface area contributed by atoms with Gasteiger partial charge < -0.3 is 20.8 Å². The lowest BCUT2D eigenvalue weighted by Crippen LogP contribution is -2.19. The van der Waals surface area contributed by atoms with Gasteiger partial charge in [-0.1, -0.05) is 30.0 Å². The molecule has 0 bridgehead atoms. The Bertz CT molecular complexity index is 1300. The minimum atomic E-state index is -0.570. The minimum Gasteiger partial charge on any atom is -0.376 e. The molecule has 1 aliphatic rings. The van der Waals surface area contributed by atoms with Gasteiger partial charge in [-0.15, -0.1) is 21.5 Å². The zero-order chi connectivity index (χ0) is 22.8. The number of benzene rings is 1. The van der Waals surface area contributed by atoms with Crippen molar-refractivity contribution in [2.24, 2.45) is 5.73 Å². The number of thioether (sulfide) groups is 1. The number of hydrogen-bond acceptors (Lipinski definition) is 7. The van der Waals surface area contributed by atoms with E-state index < -0.39 is 5.91 Å². The Balaban J connectivity index is 1.38. The molecule has 1 atom stereocenters. The van der Waals surface area contributed by atoms with E-state index >= 15 is 0 Å². The van der Waals surface area contributed by atoms with Gasteiger partial charge in [-0.05, 0) is 30.4 Å². The number of nitrogens with zero attached hydrogens (tertiary/aromatic N) is 3. The second kappa shape index (κ2) is 9.38. The molecule has 3 aromatic heterocycles. The number of anilines is 1. The molecule has 4 aromatic rings. The third-order valence-corrected chi connectivity index (χ3v) is 7.27. The van der Waals surface area contributed by atoms with Crippen molar-refractivity contribution in [2.75, 3.05) is 17.7 Å². The van der Waals surface area contributed by atoms with Gasteiger partial charge in [-0.2, -0.15) is 0 Å².